The summed E-state index contributed by atoms with van der Waals surface area (Å²) < 4.78 is 10.5. The van der Waals surface area contributed by atoms with Gasteiger partial charge in [0.25, 0.3) is 0 Å². The number of carbonyl (C=O) groups is 1. The van der Waals surface area contributed by atoms with Crippen molar-refractivity contribution >= 4 is 5.97 Å². The van der Waals surface area contributed by atoms with Gasteiger partial charge in [0.15, 0.2) is 0 Å². The summed E-state index contributed by atoms with van der Waals surface area (Å²) in [6.45, 7) is 1.66. The molecule has 0 bridgehead atoms. The third kappa shape index (κ3) is 3.84. The number of aliphatic hydroxyl groups is 1. The molecule has 6 nitrogen and oxygen atoms in total. The van der Waals surface area contributed by atoms with Crippen LogP contribution in [0.1, 0.15) is 11.1 Å². The molecule has 1 aromatic rings. The van der Waals surface area contributed by atoms with Crippen molar-refractivity contribution in [1.82, 2.24) is 5.32 Å². The first-order valence-electron chi connectivity index (χ1n) is 5.82. The van der Waals surface area contributed by atoms with Crippen LogP contribution in [-0.4, -0.2) is 43.1 Å². The molecule has 106 valence electrons. The Balaban J connectivity index is 2.95. The van der Waals surface area contributed by atoms with Crippen LogP contribution in [0.3, 0.4) is 0 Å². The molecular weight excluding hydrogens is 250 g/mol. The van der Waals surface area contributed by atoms with Gasteiger partial charge in [-0.15, -0.1) is 0 Å². The third-order valence-electron chi connectivity index (χ3n) is 2.76. The number of ether oxygens (including phenoxy) is 2. The second kappa shape index (κ2) is 6.96. The Morgan fingerprint density at radius 1 is 1.32 bits per heavy atom. The minimum atomic E-state index is -1.10. The number of aliphatic carboxylic acids is 1. The zero-order valence-corrected chi connectivity index (χ0v) is 11.3. The topological polar surface area (TPSA) is 88.0 Å². The summed E-state index contributed by atoms with van der Waals surface area (Å²) in [6.07, 6.45) is 0. The fraction of sp³-hybridized carbons (Fsp3) is 0.462. The lowest BCUT2D eigenvalue weighted by molar-refractivity contribution is -0.140. The van der Waals surface area contributed by atoms with Crippen LogP contribution in [-0.2, 0) is 11.3 Å². The van der Waals surface area contributed by atoms with Crippen molar-refractivity contribution in [3.05, 3.63) is 23.3 Å². The van der Waals surface area contributed by atoms with Crippen LogP contribution in [0.25, 0.3) is 0 Å². The molecule has 0 aliphatic rings. The van der Waals surface area contributed by atoms with E-state index in [1.165, 1.54) is 0 Å². The molecule has 1 rings (SSSR count). The summed E-state index contributed by atoms with van der Waals surface area (Å²) in [5.41, 5.74) is 1.70. The summed E-state index contributed by atoms with van der Waals surface area (Å²) >= 11 is 0. The van der Waals surface area contributed by atoms with Gasteiger partial charge in [-0.05, 0) is 24.6 Å². The van der Waals surface area contributed by atoms with Gasteiger partial charge in [0.05, 0.1) is 20.8 Å². The minimum absolute atomic E-state index is 0.226. The smallest absolute Gasteiger partial charge is 0.323 e. The van der Waals surface area contributed by atoms with Gasteiger partial charge in [0.1, 0.15) is 17.5 Å². The van der Waals surface area contributed by atoms with Gasteiger partial charge < -0.3 is 19.7 Å². The summed E-state index contributed by atoms with van der Waals surface area (Å²) in [5, 5.41) is 20.6. The highest BCUT2D eigenvalue weighted by atomic mass is 16.5. The van der Waals surface area contributed by atoms with Gasteiger partial charge in [-0.1, -0.05) is 0 Å². The van der Waals surface area contributed by atoms with E-state index in [4.69, 9.17) is 19.7 Å². The van der Waals surface area contributed by atoms with Crippen molar-refractivity contribution in [3.63, 3.8) is 0 Å². The van der Waals surface area contributed by atoms with Crippen LogP contribution in [0.2, 0.25) is 0 Å². The number of carboxylic acids is 1. The highest BCUT2D eigenvalue weighted by Gasteiger charge is 2.18. The van der Waals surface area contributed by atoms with Gasteiger partial charge in [-0.3, -0.25) is 10.1 Å². The average molecular weight is 269 g/mol. The summed E-state index contributed by atoms with van der Waals surface area (Å²) in [5.74, 6) is 0.130. The molecule has 0 heterocycles. The second-order valence-corrected chi connectivity index (χ2v) is 4.10. The molecule has 0 aromatic heterocycles. The Morgan fingerprint density at radius 2 is 1.84 bits per heavy atom. The average Bonchev–Trinajstić information content (AvgIpc) is 2.39. The Labute approximate surface area is 112 Å². The molecule has 0 aliphatic carbocycles. The fourth-order valence-corrected chi connectivity index (χ4v) is 1.74. The predicted molar refractivity (Wildman–Crippen MR) is 69.6 cm³/mol. The first kappa shape index (κ1) is 15.3. The summed E-state index contributed by atoms with van der Waals surface area (Å²) in [6, 6.07) is 2.67. The SMILES string of the molecule is COc1cc(C)cc(OC)c1CNC(CO)C(=O)O. The fourth-order valence-electron chi connectivity index (χ4n) is 1.74. The summed E-state index contributed by atoms with van der Waals surface area (Å²) in [7, 11) is 3.08. The van der Waals surface area contributed by atoms with E-state index >= 15 is 0 Å². The van der Waals surface area contributed by atoms with E-state index in [0.29, 0.717) is 11.5 Å². The molecule has 0 aliphatic heterocycles. The lowest BCUT2D eigenvalue weighted by Gasteiger charge is -2.17. The standard InChI is InChI=1S/C13H19NO5/c1-8-4-11(18-2)9(12(5-8)19-3)6-14-10(7-15)13(16)17/h4-5,10,14-15H,6-7H2,1-3H3,(H,16,17). The zero-order chi connectivity index (χ0) is 14.4. The molecule has 6 heteroatoms. The van der Waals surface area contributed by atoms with Crippen molar-refractivity contribution < 1.29 is 24.5 Å². The molecule has 1 unspecified atom stereocenters. The number of hydrogen-bond donors (Lipinski definition) is 3. The number of aliphatic hydroxyl groups excluding tert-OH is 1. The van der Waals surface area contributed by atoms with Gasteiger partial charge in [-0.2, -0.15) is 0 Å². The number of nitrogens with one attached hydrogen (secondary N) is 1. The molecule has 0 radical (unpaired) electrons. The lowest BCUT2D eigenvalue weighted by Crippen LogP contribution is -2.39. The van der Waals surface area contributed by atoms with Crippen LogP contribution in [0.15, 0.2) is 12.1 Å². The van der Waals surface area contributed by atoms with Crippen LogP contribution >= 0.6 is 0 Å². The Bertz CT molecular complexity index is 422. The van der Waals surface area contributed by atoms with E-state index in [1.54, 1.807) is 14.2 Å². The lowest BCUT2D eigenvalue weighted by atomic mass is 10.1. The first-order chi connectivity index (χ1) is 9.03. The Kier molecular flexibility index (Phi) is 5.59. The number of aryl methyl sites for hydroxylation is 1. The van der Waals surface area contributed by atoms with Gasteiger partial charge in [0.2, 0.25) is 0 Å². The number of carboxylic acid groups (broad SMARTS) is 1. The molecule has 0 saturated heterocycles. The number of rotatable bonds is 7. The Hall–Kier alpha value is -1.79. The largest absolute Gasteiger partial charge is 0.496 e. The molecule has 0 spiro atoms. The molecule has 1 atom stereocenters. The maximum atomic E-state index is 10.8. The van der Waals surface area contributed by atoms with Crippen LogP contribution < -0.4 is 14.8 Å². The Morgan fingerprint density at radius 3 is 2.21 bits per heavy atom. The van der Waals surface area contributed by atoms with E-state index < -0.39 is 18.6 Å². The van der Waals surface area contributed by atoms with Crippen molar-refractivity contribution in [2.24, 2.45) is 0 Å². The first-order valence-corrected chi connectivity index (χ1v) is 5.82. The zero-order valence-electron chi connectivity index (χ0n) is 11.3. The number of benzene rings is 1. The molecule has 0 fully saturated rings. The predicted octanol–water partition coefficient (Wildman–Crippen LogP) is 0.547. The van der Waals surface area contributed by atoms with E-state index in [2.05, 4.69) is 5.32 Å². The van der Waals surface area contributed by atoms with Crippen LogP contribution in [0.5, 0.6) is 11.5 Å². The molecule has 19 heavy (non-hydrogen) atoms. The van der Waals surface area contributed by atoms with Crippen molar-refractivity contribution in [2.75, 3.05) is 20.8 Å². The maximum absolute atomic E-state index is 10.8. The van der Waals surface area contributed by atoms with Crippen LogP contribution in [0, 0.1) is 6.92 Å². The van der Waals surface area contributed by atoms with E-state index in [9.17, 15) is 4.79 Å². The van der Waals surface area contributed by atoms with E-state index in [1.807, 2.05) is 19.1 Å². The third-order valence-corrected chi connectivity index (χ3v) is 2.76. The molecule has 1 aromatic carbocycles. The quantitative estimate of drug-likeness (QED) is 0.670. The normalized spacial score (nSPS) is 12.0. The van der Waals surface area contributed by atoms with Crippen molar-refractivity contribution in [2.45, 2.75) is 19.5 Å². The van der Waals surface area contributed by atoms with Gasteiger partial charge in [-0.25, -0.2) is 0 Å². The molecule has 0 amide bonds. The second-order valence-electron chi connectivity index (χ2n) is 4.10. The van der Waals surface area contributed by atoms with Crippen molar-refractivity contribution in [1.29, 1.82) is 0 Å². The molecule has 0 saturated carbocycles. The van der Waals surface area contributed by atoms with E-state index in [0.717, 1.165) is 11.1 Å². The number of methoxy groups -OCH3 is 2. The van der Waals surface area contributed by atoms with Crippen LogP contribution in [0.4, 0.5) is 0 Å². The molecular formula is C13H19NO5. The minimum Gasteiger partial charge on any atom is -0.496 e. The highest BCUT2D eigenvalue weighted by Crippen LogP contribution is 2.30. The van der Waals surface area contributed by atoms with E-state index in [-0.39, 0.29) is 6.54 Å². The molecule has 3 N–H and O–H groups in total. The van der Waals surface area contributed by atoms with Gasteiger partial charge >= 0.3 is 5.97 Å². The van der Waals surface area contributed by atoms with Crippen molar-refractivity contribution in [3.8, 4) is 11.5 Å². The number of hydrogen-bond acceptors (Lipinski definition) is 5. The highest BCUT2D eigenvalue weighted by molar-refractivity contribution is 5.73. The monoisotopic (exact) mass is 269 g/mol. The summed E-state index contributed by atoms with van der Waals surface area (Å²) in [4.78, 5) is 10.8. The maximum Gasteiger partial charge on any atom is 0.323 e. The van der Waals surface area contributed by atoms with Gasteiger partial charge in [0, 0.05) is 12.1 Å².